The molecule has 2 aromatic rings. The van der Waals surface area contributed by atoms with Gasteiger partial charge in [-0.1, -0.05) is 18.2 Å². The van der Waals surface area contributed by atoms with Crippen molar-refractivity contribution in [3.05, 3.63) is 52.6 Å². The van der Waals surface area contributed by atoms with Gasteiger partial charge in [0.15, 0.2) is 5.78 Å². The number of rotatable bonds is 11. The number of ketones is 1. The first-order valence-electron chi connectivity index (χ1n) is 10.2. The van der Waals surface area contributed by atoms with Gasteiger partial charge < -0.3 is 30.1 Å². The van der Waals surface area contributed by atoms with Crippen LogP contribution in [-0.4, -0.2) is 70.7 Å². The van der Waals surface area contributed by atoms with Crippen molar-refractivity contribution in [1.29, 1.82) is 0 Å². The van der Waals surface area contributed by atoms with Crippen molar-refractivity contribution >= 4 is 35.6 Å². The minimum absolute atomic E-state index is 0.0729. The molecule has 0 radical (unpaired) electrons. The SMILES string of the molecule is O=C(O)Cc1cccc2c1CC(n1cc(C(CC(=O)O)C(=O)O)nc1C(CC(=O)O)C(=O)O)C2=O. The maximum atomic E-state index is 13.2. The van der Waals surface area contributed by atoms with Gasteiger partial charge in [0.25, 0.3) is 0 Å². The van der Waals surface area contributed by atoms with Gasteiger partial charge in [0.2, 0.25) is 0 Å². The lowest BCUT2D eigenvalue weighted by atomic mass is 10.0. The predicted molar refractivity (Wildman–Crippen MR) is 112 cm³/mol. The van der Waals surface area contributed by atoms with Crippen molar-refractivity contribution in [2.75, 3.05) is 0 Å². The Labute approximate surface area is 196 Å². The summed E-state index contributed by atoms with van der Waals surface area (Å²) in [6, 6.07) is 3.33. The van der Waals surface area contributed by atoms with Gasteiger partial charge in [-0.2, -0.15) is 0 Å². The number of fused-ring (bicyclic) bond motifs is 1. The summed E-state index contributed by atoms with van der Waals surface area (Å²) in [6.45, 7) is 0. The van der Waals surface area contributed by atoms with Gasteiger partial charge in [0.05, 0.1) is 25.0 Å². The lowest BCUT2D eigenvalue weighted by Gasteiger charge is -2.17. The molecule has 0 saturated carbocycles. The van der Waals surface area contributed by atoms with Crippen molar-refractivity contribution in [3.8, 4) is 0 Å². The number of imidazole rings is 1. The minimum atomic E-state index is -1.77. The predicted octanol–water partition coefficient (Wildman–Crippen LogP) is 0.776. The molecule has 0 aliphatic heterocycles. The average molecular weight is 488 g/mol. The fourth-order valence-corrected chi connectivity index (χ4v) is 4.18. The van der Waals surface area contributed by atoms with E-state index in [2.05, 4.69) is 4.98 Å². The zero-order valence-electron chi connectivity index (χ0n) is 17.9. The number of nitrogens with zero attached hydrogens (tertiary/aromatic N) is 2. The molecule has 0 bridgehead atoms. The molecule has 13 heteroatoms. The third kappa shape index (κ3) is 5.18. The van der Waals surface area contributed by atoms with Crippen molar-refractivity contribution in [3.63, 3.8) is 0 Å². The van der Waals surface area contributed by atoms with Crippen molar-refractivity contribution < 1.29 is 54.3 Å². The van der Waals surface area contributed by atoms with Crippen LogP contribution in [-0.2, 0) is 36.8 Å². The van der Waals surface area contributed by atoms with E-state index >= 15 is 0 Å². The van der Waals surface area contributed by atoms with Crippen molar-refractivity contribution in [2.45, 2.75) is 43.6 Å². The summed E-state index contributed by atoms with van der Waals surface area (Å²) < 4.78 is 1.07. The maximum absolute atomic E-state index is 13.2. The molecule has 35 heavy (non-hydrogen) atoms. The van der Waals surface area contributed by atoms with Crippen LogP contribution in [0.2, 0.25) is 0 Å². The number of carbonyl (C=O) groups is 6. The second kappa shape index (κ2) is 9.75. The molecular weight excluding hydrogens is 468 g/mol. The Hall–Kier alpha value is -4.55. The summed E-state index contributed by atoms with van der Waals surface area (Å²) in [7, 11) is 0. The number of hydrogen-bond donors (Lipinski definition) is 5. The normalized spacial score (nSPS) is 16.3. The monoisotopic (exact) mass is 488 g/mol. The Bertz CT molecular complexity index is 1250. The van der Waals surface area contributed by atoms with Gasteiger partial charge in [0, 0.05) is 18.2 Å². The van der Waals surface area contributed by atoms with Crippen LogP contribution in [0.5, 0.6) is 0 Å². The summed E-state index contributed by atoms with van der Waals surface area (Å²) in [6.07, 6.45) is -1.21. The van der Waals surface area contributed by atoms with E-state index in [-0.39, 0.29) is 24.1 Å². The highest BCUT2D eigenvalue weighted by Crippen LogP contribution is 2.36. The molecule has 1 aromatic carbocycles. The van der Waals surface area contributed by atoms with E-state index in [9.17, 15) is 49.2 Å². The number of Topliss-reactive ketones (excluding diaryl/α,β-unsaturated/α-hetero) is 1. The molecule has 0 fully saturated rings. The molecule has 3 atom stereocenters. The van der Waals surface area contributed by atoms with Crippen LogP contribution < -0.4 is 0 Å². The third-order valence-electron chi connectivity index (χ3n) is 5.72. The van der Waals surface area contributed by atoms with Gasteiger partial charge in [-0.05, 0) is 11.1 Å². The Morgan fingerprint density at radius 3 is 2.06 bits per heavy atom. The highest BCUT2D eigenvalue weighted by atomic mass is 16.4. The second-order valence-corrected chi connectivity index (χ2v) is 8.01. The van der Waals surface area contributed by atoms with E-state index in [0.29, 0.717) is 11.1 Å². The molecule has 1 aromatic heterocycles. The number of hydrogen-bond acceptors (Lipinski definition) is 7. The first-order chi connectivity index (χ1) is 16.4. The van der Waals surface area contributed by atoms with E-state index in [4.69, 9.17) is 5.11 Å². The van der Waals surface area contributed by atoms with Gasteiger partial charge in [0.1, 0.15) is 23.7 Å². The van der Waals surface area contributed by atoms with Gasteiger partial charge in [-0.25, -0.2) is 4.98 Å². The molecule has 1 heterocycles. The molecule has 184 valence electrons. The van der Waals surface area contributed by atoms with Crippen LogP contribution >= 0.6 is 0 Å². The van der Waals surface area contributed by atoms with Crippen molar-refractivity contribution in [2.24, 2.45) is 0 Å². The fourth-order valence-electron chi connectivity index (χ4n) is 4.18. The second-order valence-electron chi connectivity index (χ2n) is 8.01. The van der Waals surface area contributed by atoms with Gasteiger partial charge in [-0.3, -0.25) is 28.8 Å². The van der Waals surface area contributed by atoms with E-state index in [1.807, 2.05) is 0 Å². The van der Waals surface area contributed by atoms with Crippen LogP contribution in [0.4, 0.5) is 0 Å². The van der Waals surface area contributed by atoms with Crippen LogP contribution in [0.1, 0.15) is 63.7 Å². The van der Waals surface area contributed by atoms with Gasteiger partial charge in [-0.15, -0.1) is 0 Å². The van der Waals surface area contributed by atoms with E-state index < -0.39 is 72.2 Å². The number of carbonyl (C=O) groups excluding carboxylic acids is 1. The molecular formula is C22H20N2O11. The Morgan fingerprint density at radius 2 is 1.51 bits per heavy atom. The Kier molecular flexibility index (Phi) is 6.99. The first kappa shape index (κ1) is 25.1. The number of carboxylic acid groups (broad SMARTS) is 5. The molecule has 0 saturated heterocycles. The molecule has 0 spiro atoms. The van der Waals surface area contributed by atoms with E-state index in [1.165, 1.54) is 18.2 Å². The molecule has 5 N–H and O–H groups in total. The zero-order valence-corrected chi connectivity index (χ0v) is 17.9. The fraction of sp³-hybridized carbons (Fsp3) is 0.318. The van der Waals surface area contributed by atoms with E-state index in [0.717, 1.165) is 10.8 Å². The Morgan fingerprint density at radius 1 is 0.914 bits per heavy atom. The summed E-state index contributed by atoms with van der Waals surface area (Å²) in [5.41, 5.74) is 0.625. The number of benzene rings is 1. The average Bonchev–Trinajstić information content (AvgIpc) is 3.31. The number of aliphatic carboxylic acids is 5. The molecule has 3 unspecified atom stereocenters. The molecule has 1 aliphatic rings. The molecule has 1 aliphatic carbocycles. The lowest BCUT2D eigenvalue weighted by Crippen LogP contribution is -2.24. The number of aromatic nitrogens is 2. The summed E-state index contributed by atoms with van der Waals surface area (Å²) in [5, 5.41) is 46.6. The van der Waals surface area contributed by atoms with Crippen LogP contribution in [0.25, 0.3) is 0 Å². The molecule has 0 amide bonds. The van der Waals surface area contributed by atoms with Gasteiger partial charge >= 0.3 is 29.8 Å². The lowest BCUT2D eigenvalue weighted by molar-refractivity contribution is -0.145. The largest absolute Gasteiger partial charge is 0.481 e. The van der Waals surface area contributed by atoms with Crippen LogP contribution in [0.3, 0.4) is 0 Å². The Balaban J connectivity index is 2.16. The summed E-state index contributed by atoms with van der Waals surface area (Å²) in [4.78, 5) is 74.5. The molecule has 3 rings (SSSR count). The standard InChI is InChI=1S/C22H20N2O11/c25-16(26)4-9-2-1-3-10-11(9)5-15(19(10)31)24-8-14(12(21(32)33)6-17(27)28)23-20(24)13(22(34)35)7-18(29)30/h1-3,8,12-13,15H,4-7H2,(H,25,26)(H,27,28)(H,29,30)(H,32,33)(H,34,35). The van der Waals surface area contributed by atoms with Crippen LogP contribution in [0, 0.1) is 0 Å². The third-order valence-corrected chi connectivity index (χ3v) is 5.72. The van der Waals surface area contributed by atoms with E-state index in [1.54, 1.807) is 0 Å². The first-order valence-corrected chi connectivity index (χ1v) is 10.2. The quantitative estimate of drug-likeness (QED) is 0.296. The summed E-state index contributed by atoms with van der Waals surface area (Å²) in [5.74, 6) is -11.6. The highest BCUT2D eigenvalue weighted by Gasteiger charge is 2.39. The smallest absolute Gasteiger partial charge is 0.314 e. The number of carboxylic acids is 5. The minimum Gasteiger partial charge on any atom is -0.481 e. The van der Waals surface area contributed by atoms with Crippen LogP contribution in [0.15, 0.2) is 24.4 Å². The molecule has 13 nitrogen and oxygen atoms in total. The topological polar surface area (TPSA) is 221 Å². The highest BCUT2D eigenvalue weighted by molar-refractivity contribution is 6.04. The van der Waals surface area contributed by atoms with Crippen molar-refractivity contribution in [1.82, 2.24) is 9.55 Å². The summed E-state index contributed by atoms with van der Waals surface area (Å²) >= 11 is 0. The zero-order chi connectivity index (χ0) is 26.0. The maximum Gasteiger partial charge on any atom is 0.314 e.